The Morgan fingerprint density at radius 3 is 2.80 bits per heavy atom. The summed E-state index contributed by atoms with van der Waals surface area (Å²) in [6, 6.07) is 11.2. The minimum atomic E-state index is -0.414. The van der Waals surface area contributed by atoms with Gasteiger partial charge in [0, 0.05) is 11.8 Å². The van der Waals surface area contributed by atoms with Gasteiger partial charge in [0.1, 0.15) is 11.9 Å². The van der Waals surface area contributed by atoms with Gasteiger partial charge in [-0.3, -0.25) is 4.79 Å². The van der Waals surface area contributed by atoms with E-state index in [1.165, 1.54) is 25.3 Å². The molecule has 0 aliphatic carbocycles. The largest absolute Gasteiger partial charge is 0.493 e. The topological polar surface area (TPSA) is 71.3 Å². The van der Waals surface area contributed by atoms with E-state index < -0.39 is 5.82 Å². The number of hydrogen-bond acceptors (Lipinski definition) is 4. The van der Waals surface area contributed by atoms with E-state index >= 15 is 0 Å². The lowest BCUT2D eigenvalue weighted by Gasteiger charge is -2.09. The zero-order chi connectivity index (χ0) is 18.2. The van der Waals surface area contributed by atoms with Gasteiger partial charge in [-0.25, -0.2) is 4.39 Å². The third kappa shape index (κ3) is 5.08. The van der Waals surface area contributed by atoms with E-state index in [2.05, 4.69) is 5.32 Å². The Hall–Kier alpha value is -3.33. The van der Waals surface area contributed by atoms with Crippen LogP contribution >= 0.6 is 0 Å². The summed E-state index contributed by atoms with van der Waals surface area (Å²) >= 11 is 0. The number of nitrogens with one attached hydrogen (secondary N) is 1. The number of methoxy groups -OCH3 is 1. The molecule has 2 aromatic rings. The van der Waals surface area contributed by atoms with Gasteiger partial charge in [0.2, 0.25) is 5.91 Å². The molecule has 0 atom stereocenters. The fraction of sp³-hybridized carbons (Fsp3) is 0.158. The SMILES string of the molecule is COc1cc(C=CC(=O)Nc2cc(F)ccc2C)ccc1OCC#N. The van der Waals surface area contributed by atoms with Crippen LogP contribution in [0, 0.1) is 24.1 Å². The Labute approximate surface area is 145 Å². The summed E-state index contributed by atoms with van der Waals surface area (Å²) in [5.41, 5.74) is 1.91. The molecule has 0 saturated heterocycles. The van der Waals surface area contributed by atoms with Crippen molar-refractivity contribution < 1.29 is 18.7 Å². The molecular weight excluding hydrogens is 323 g/mol. The van der Waals surface area contributed by atoms with Crippen molar-refractivity contribution in [2.75, 3.05) is 19.0 Å². The number of anilines is 1. The standard InChI is InChI=1S/C19H17FN2O3/c1-13-3-6-15(20)12-16(13)22-19(23)8-5-14-4-7-17(25-10-9-21)18(11-14)24-2/h3-8,11-12H,10H2,1-2H3,(H,22,23). The maximum absolute atomic E-state index is 13.2. The lowest BCUT2D eigenvalue weighted by Crippen LogP contribution is -2.09. The maximum atomic E-state index is 13.2. The summed E-state index contributed by atoms with van der Waals surface area (Å²) in [5.74, 6) is 0.111. The highest BCUT2D eigenvalue weighted by molar-refractivity contribution is 6.02. The highest BCUT2D eigenvalue weighted by Gasteiger charge is 2.06. The molecule has 1 amide bonds. The summed E-state index contributed by atoms with van der Waals surface area (Å²) in [6.45, 7) is 1.70. The van der Waals surface area contributed by atoms with E-state index in [0.717, 1.165) is 5.56 Å². The molecule has 0 spiro atoms. The van der Waals surface area contributed by atoms with Crippen molar-refractivity contribution in [3.05, 3.63) is 59.4 Å². The Balaban J connectivity index is 2.09. The molecule has 0 aliphatic rings. The normalized spacial score (nSPS) is 10.3. The molecule has 6 heteroatoms. The maximum Gasteiger partial charge on any atom is 0.248 e. The number of nitrogens with zero attached hydrogens (tertiary/aromatic N) is 1. The van der Waals surface area contributed by atoms with Crippen LogP contribution in [0.5, 0.6) is 11.5 Å². The fourth-order valence-electron chi connectivity index (χ4n) is 2.09. The van der Waals surface area contributed by atoms with Gasteiger partial charge in [-0.1, -0.05) is 12.1 Å². The van der Waals surface area contributed by atoms with E-state index in [0.29, 0.717) is 22.7 Å². The number of hydrogen-bond donors (Lipinski definition) is 1. The number of carbonyl (C=O) groups is 1. The van der Waals surface area contributed by atoms with Gasteiger partial charge in [-0.15, -0.1) is 0 Å². The number of amides is 1. The molecule has 0 bridgehead atoms. The van der Waals surface area contributed by atoms with Crippen LogP contribution in [0.3, 0.4) is 0 Å². The molecule has 5 nitrogen and oxygen atoms in total. The molecule has 0 radical (unpaired) electrons. The lowest BCUT2D eigenvalue weighted by atomic mass is 10.1. The van der Waals surface area contributed by atoms with Gasteiger partial charge in [0.15, 0.2) is 18.1 Å². The Morgan fingerprint density at radius 2 is 2.08 bits per heavy atom. The van der Waals surface area contributed by atoms with Gasteiger partial charge in [0.25, 0.3) is 0 Å². The van der Waals surface area contributed by atoms with E-state index in [4.69, 9.17) is 14.7 Å². The Bertz CT molecular complexity index is 841. The van der Waals surface area contributed by atoms with Crippen molar-refractivity contribution >= 4 is 17.7 Å². The van der Waals surface area contributed by atoms with Crippen LogP contribution in [-0.2, 0) is 4.79 Å². The number of halogens is 1. The number of carbonyl (C=O) groups excluding carboxylic acids is 1. The fourth-order valence-corrected chi connectivity index (χ4v) is 2.09. The van der Waals surface area contributed by atoms with Crippen LogP contribution in [0.2, 0.25) is 0 Å². The molecular formula is C19H17FN2O3. The highest BCUT2D eigenvalue weighted by Crippen LogP contribution is 2.28. The monoisotopic (exact) mass is 340 g/mol. The first-order valence-electron chi connectivity index (χ1n) is 7.46. The highest BCUT2D eigenvalue weighted by atomic mass is 19.1. The minimum absolute atomic E-state index is 0.0824. The first-order valence-corrected chi connectivity index (χ1v) is 7.46. The second-order valence-corrected chi connectivity index (χ2v) is 5.14. The van der Waals surface area contributed by atoms with Crippen molar-refractivity contribution in [2.24, 2.45) is 0 Å². The van der Waals surface area contributed by atoms with Gasteiger partial charge in [-0.05, 0) is 48.4 Å². The average Bonchev–Trinajstić information content (AvgIpc) is 2.61. The van der Waals surface area contributed by atoms with Gasteiger partial charge >= 0.3 is 0 Å². The predicted octanol–water partition coefficient (Wildman–Crippen LogP) is 3.70. The van der Waals surface area contributed by atoms with Crippen LogP contribution in [0.4, 0.5) is 10.1 Å². The van der Waals surface area contributed by atoms with Crippen molar-refractivity contribution in [1.29, 1.82) is 5.26 Å². The zero-order valence-corrected chi connectivity index (χ0v) is 13.9. The Kier molecular flexibility index (Phi) is 6.13. The van der Waals surface area contributed by atoms with Crippen LogP contribution in [0.1, 0.15) is 11.1 Å². The molecule has 0 aromatic heterocycles. The number of ether oxygens (including phenoxy) is 2. The van der Waals surface area contributed by atoms with Crippen LogP contribution in [0.15, 0.2) is 42.5 Å². The summed E-state index contributed by atoms with van der Waals surface area (Å²) in [6.07, 6.45) is 2.94. The lowest BCUT2D eigenvalue weighted by molar-refractivity contribution is -0.111. The quantitative estimate of drug-likeness (QED) is 0.814. The Morgan fingerprint density at radius 1 is 1.28 bits per heavy atom. The third-order valence-corrected chi connectivity index (χ3v) is 3.36. The molecule has 0 saturated carbocycles. The minimum Gasteiger partial charge on any atom is -0.493 e. The molecule has 128 valence electrons. The molecule has 1 N–H and O–H groups in total. The van der Waals surface area contributed by atoms with Gasteiger partial charge in [0.05, 0.1) is 7.11 Å². The first kappa shape index (κ1) is 18.0. The van der Waals surface area contributed by atoms with Gasteiger partial charge in [-0.2, -0.15) is 5.26 Å². The molecule has 25 heavy (non-hydrogen) atoms. The number of rotatable bonds is 6. The summed E-state index contributed by atoms with van der Waals surface area (Å²) < 4.78 is 23.7. The molecule has 0 unspecified atom stereocenters. The predicted molar refractivity (Wildman–Crippen MR) is 92.9 cm³/mol. The summed E-state index contributed by atoms with van der Waals surface area (Å²) in [4.78, 5) is 12.0. The first-order chi connectivity index (χ1) is 12.0. The van der Waals surface area contributed by atoms with E-state index in [9.17, 15) is 9.18 Å². The molecule has 0 heterocycles. The molecule has 2 rings (SSSR count). The van der Waals surface area contributed by atoms with Crippen LogP contribution in [-0.4, -0.2) is 19.6 Å². The van der Waals surface area contributed by atoms with E-state index in [1.807, 2.05) is 6.07 Å². The summed E-state index contributed by atoms with van der Waals surface area (Å²) in [7, 11) is 1.49. The third-order valence-electron chi connectivity index (χ3n) is 3.36. The van der Waals surface area contributed by atoms with E-state index in [1.54, 1.807) is 37.3 Å². The van der Waals surface area contributed by atoms with Crippen LogP contribution in [0.25, 0.3) is 6.08 Å². The van der Waals surface area contributed by atoms with Crippen molar-refractivity contribution in [1.82, 2.24) is 0 Å². The second kappa shape index (κ2) is 8.50. The smallest absolute Gasteiger partial charge is 0.248 e. The van der Waals surface area contributed by atoms with Crippen LogP contribution < -0.4 is 14.8 Å². The number of aryl methyl sites for hydroxylation is 1. The molecule has 0 aliphatic heterocycles. The summed E-state index contributed by atoms with van der Waals surface area (Å²) in [5, 5.41) is 11.2. The molecule has 0 fully saturated rings. The van der Waals surface area contributed by atoms with Crippen molar-refractivity contribution in [2.45, 2.75) is 6.92 Å². The zero-order valence-electron chi connectivity index (χ0n) is 13.9. The van der Waals surface area contributed by atoms with Crippen molar-refractivity contribution in [3.8, 4) is 17.6 Å². The van der Waals surface area contributed by atoms with E-state index in [-0.39, 0.29) is 12.5 Å². The molecule has 2 aromatic carbocycles. The number of benzene rings is 2. The van der Waals surface area contributed by atoms with Crippen molar-refractivity contribution in [3.63, 3.8) is 0 Å². The average molecular weight is 340 g/mol. The number of nitriles is 1. The van der Waals surface area contributed by atoms with Gasteiger partial charge < -0.3 is 14.8 Å². The second-order valence-electron chi connectivity index (χ2n) is 5.14.